The Morgan fingerprint density at radius 3 is 2.32 bits per heavy atom. The van der Waals surface area contributed by atoms with E-state index in [0.717, 1.165) is 24.5 Å². The Morgan fingerprint density at radius 1 is 1.16 bits per heavy atom. The van der Waals surface area contributed by atoms with Crippen LogP contribution < -0.4 is 14.8 Å². The summed E-state index contributed by atoms with van der Waals surface area (Å²) in [6.07, 6.45) is 0.992. The monoisotopic (exact) mass is 285 g/mol. The van der Waals surface area contributed by atoms with Crippen molar-refractivity contribution in [3.63, 3.8) is 0 Å². The van der Waals surface area contributed by atoms with E-state index < -0.39 is 0 Å². The molecule has 1 rings (SSSR count). The average Bonchev–Trinajstić information content (AvgIpc) is 2.45. The molecule has 1 atom stereocenters. The van der Waals surface area contributed by atoms with E-state index in [-0.39, 0.29) is 5.54 Å². The van der Waals surface area contributed by atoms with Crippen LogP contribution >= 0.6 is 11.6 Å². The minimum atomic E-state index is -0.0235. The number of ether oxygens (including phenoxy) is 2. The van der Waals surface area contributed by atoms with Crippen LogP contribution in [0.3, 0.4) is 0 Å². The molecule has 1 N–H and O–H groups in total. The first-order valence-corrected chi connectivity index (χ1v) is 7.34. The third-order valence-corrected chi connectivity index (χ3v) is 3.73. The third-order valence-electron chi connectivity index (χ3n) is 3.14. The standard InChI is InChI=1S/C15H24ClNO2/c1-4-15(3,12-16)17-10-11-19-14-9-7-6-8-13(14)18-5-2/h6-9,17H,4-5,10-12H2,1-3H3. The average molecular weight is 286 g/mol. The van der Waals surface area contributed by atoms with Gasteiger partial charge in [0.2, 0.25) is 0 Å². The second kappa shape index (κ2) is 8.28. The Bertz CT molecular complexity index is 367. The van der Waals surface area contributed by atoms with E-state index in [1.165, 1.54) is 0 Å². The summed E-state index contributed by atoms with van der Waals surface area (Å²) in [4.78, 5) is 0. The van der Waals surface area contributed by atoms with Crippen molar-refractivity contribution < 1.29 is 9.47 Å². The van der Waals surface area contributed by atoms with Gasteiger partial charge in [0.1, 0.15) is 6.61 Å². The van der Waals surface area contributed by atoms with Gasteiger partial charge in [0.15, 0.2) is 11.5 Å². The van der Waals surface area contributed by atoms with E-state index in [1.54, 1.807) is 0 Å². The Balaban J connectivity index is 2.41. The Labute approximate surface area is 121 Å². The van der Waals surface area contributed by atoms with Gasteiger partial charge in [-0.1, -0.05) is 19.1 Å². The van der Waals surface area contributed by atoms with Gasteiger partial charge in [0, 0.05) is 18.0 Å². The van der Waals surface area contributed by atoms with Crippen molar-refractivity contribution in [1.29, 1.82) is 0 Å². The lowest BCUT2D eigenvalue weighted by Crippen LogP contribution is -2.45. The van der Waals surface area contributed by atoms with Crippen molar-refractivity contribution >= 4 is 11.6 Å². The first-order chi connectivity index (χ1) is 9.15. The molecule has 108 valence electrons. The van der Waals surface area contributed by atoms with E-state index >= 15 is 0 Å². The zero-order valence-electron chi connectivity index (χ0n) is 12.0. The van der Waals surface area contributed by atoms with Crippen LogP contribution in [0.1, 0.15) is 27.2 Å². The van der Waals surface area contributed by atoms with E-state index in [4.69, 9.17) is 21.1 Å². The zero-order valence-corrected chi connectivity index (χ0v) is 12.8. The van der Waals surface area contributed by atoms with E-state index in [2.05, 4.69) is 19.2 Å². The van der Waals surface area contributed by atoms with Crippen LogP contribution in [-0.2, 0) is 0 Å². The fourth-order valence-electron chi connectivity index (χ4n) is 1.62. The number of nitrogens with one attached hydrogen (secondary N) is 1. The molecule has 0 aliphatic heterocycles. The topological polar surface area (TPSA) is 30.5 Å². The van der Waals surface area contributed by atoms with Crippen LogP contribution in [-0.4, -0.2) is 31.2 Å². The van der Waals surface area contributed by atoms with E-state index in [1.807, 2.05) is 31.2 Å². The normalized spacial score (nSPS) is 13.9. The molecule has 0 heterocycles. The number of benzene rings is 1. The number of para-hydroxylation sites is 2. The summed E-state index contributed by atoms with van der Waals surface area (Å²) in [7, 11) is 0. The lowest BCUT2D eigenvalue weighted by Gasteiger charge is -2.27. The van der Waals surface area contributed by atoms with Gasteiger partial charge in [0.25, 0.3) is 0 Å². The van der Waals surface area contributed by atoms with Gasteiger partial charge >= 0.3 is 0 Å². The van der Waals surface area contributed by atoms with Gasteiger partial charge in [-0.2, -0.15) is 0 Å². The zero-order chi connectivity index (χ0) is 14.1. The van der Waals surface area contributed by atoms with Crippen molar-refractivity contribution in [2.75, 3.05) is 25.6 Å². The third kappa shape index (κ3) is 5.29. The minimum Gasteiger partial charge on any atom is -0.490 e. The lowest BCUT2D eigenvalue weighted by atomic mass is 10.0. The van der Waals surface area contributed by atoms with Crippen molar-refractivity contribution in [2.24, 2.45) is 0 Å². The molecule has 0 fully saturated rings. The highest BCUT2D eigenvalue weighted by Crippen LogP contribution is 2.26. The summed E-state index contributed by atoms with van der Waals surface area (Å²) in [6.45, 7) is 8.20. The van der Waals surface area contributed by atoms with Gasteiger partial charge in [-0.3, -0.25) is 0 Å². The summed E-state index contributed by atoms with van der Waals surface area (Å²) < 4.78 is 11.3. The molecule has 0 radical (unpaired) electrons. The summed E-state index contributed by atoms with van der Waals surface area (Å²) in [5.74, 6) is 2.18. The predicted octanol–water partition coefficient (Wildman–Crippen LogP) is 3.46. The molecule has 0 aliphatic rings. The molecule has 0 bridgehead atoms. The van der Waals surface area contributed by atoms with Crippen molar-refractivity contribution in [1.82, 2.24) is 5.32 Å². The molecule has 0 aliphatic carbocycles. The molecule has 1 unspecified atom stereocenters. The van der Waals surface area contributed by atoms with Crippen LogP contribution in [0, 0.1) is 0 Å². The Morgan fingerprint density at radius 2 is 1.79 bits per heavy atom. The van der Waals surface area contributed by atoms with Crippen LogP contribution in [0.15, 0.2) is 24.3 Å². The Kier molecular flexibility index (Phi) is 7.03. The fourth-order valence-corrected chi connectivity index (χ4v) is 1.91. The smallest absolute Gasteiger partial charge is 0.161 e. The highest BCUT2D eigenvalue weighted by atomic mass is 35.5. The molecule has 4 heteroatoms. The first kappa shape index (κ1) is 16.1. The number of hydrogen-bond donors (Lipinski definition) is 1. The maximum Gasteiger partial charge on any atom is 0.161 e. The molecule has 0 aromatic heterocycles. The summed E-state index contributed by atoms with van der Waals surface area (Å²) >= 11 is 5.95. The van der Waals surface area contributed by atoms with E-state index in [0.29, 0.717) is 19.1 Å². The van der Waals surface area contributed by atoms with Gasteiger partial charge in [0.05, 0.1) is 6.61 Å². The molecule has 19 heavy (non-hydrogen) atoms. The van der Waals surface area contributed by atoms with Crippen LogP contribution in [0.2, 0.25) is 0 Å². The summed E-state index contributed by atoms with van der Waals surface area (Å²) in [6, 6.07) is 7.73. The second-order valence-corrected chi connectivity index (χ2v) is 4.97. The molecule has 0 saturated heterocycles. The number of alkyl halides is 1. The summed E-state index contributed by atoms with van der Waals surface area (Å²) in [5, 5.41) is 3.42. The molecule has 1 aromatic rings. The highest BCUT2D eigenvalue weighted by Gasteiger charge is 2.19. The first-order valence-electron chi connectivity index (χ1n) is 6.81. The van der Waals surface area contributed by atoms with Crippen molar-refractivity contribution in [2.45, 2.75) is 32.7 Å². The molecular formula is C15H24ClNO2. The molecule has 0 amide bonds. The number of rotatable bonds is 9. The molecule has 1 aromatic carbocycles. The molecule has 0 saturated carbocycles. The fraction of sp³-hybridized carbons (Fsp3) is 0.600. The van der Waals surface area contributed by atoms with Gasteiger partial charge in [-0.05, 0) is 32.4 Å². The number of halogens is 1. The van der Waals surface area contributed by atoms with Gasteiger partial charge < -0.3 is 14.8 Å². The van der Waals surface area contributed by atoms with E-state index in [9.17, 15) is 0 Å². The van der Waals surface area contributed by atoms with Crippen molar-refractivity contribution in [3.8, 4) is 11.5 Å². The molecular weight excluding hydrogens is 262 g/mol. The molecule has 0 spiro atoms. The molecule has 3 nitrogen and oxygen atoms in total. The maximum atomic E-state index is 5.95. The minimum absolute atomic E-state index is 0.0235. The largest absolute Gasteiger partial charge is 0.490 e. The van der Waals surface area contributed by atoms with Gasteiger partial charge in [-0.15, -0.1) is 11.6 Å². The summed E-state index contributed by atoms with van der Waals surface area (Å²) in [5.41, 5.74) is -0.0235. The second-order valence-electron chi connectivity index (χ2n) is 4.70. The SMILES string of the molecule is CCOc1ccccc1OCCNC(C)(CC)CCl. The lowest BCUT2D eigenvalue weighted by molar-refractivity contribution is 0.260. The predicted molar refractivity (Wildman–Crippen MR) is 80.5 cm³/mol. The highest BCUT2D eigenvalue weighted by molar-refractivity contribution is 6.18. The van der Waals surface area contributed by atoms with Gasteiger partial charge in [-0.25, -0.2) is 0 Å². The van der Waals surface area contributed by atoms with Crippen LogP contribution in [0.4, 0.5) is 0 Å². The Hall–Kier alpha value is -0.930. The maximum absolute atomic E-state index is 5.95. The van der Waals surface area contributed by atoms with Crippen molar-refractivity contribution in [3.05, 3.63) is 24.3 Å². The quantitative estimate of drug-likeness (QED) is 0.557. The van der Waals surface area contributed by atoms with Crippen LogP contribution in [0.5, 0.6) is 11.5 Å². The number of hydrogen-bond acceptors (Lipinski definition) is 3. The van der Waals surface area contributed by atoms with Crippen LogP contribution in [0.25, 0.3) is 0 Å².